The highest BCUT2D eigenvalue weighted by atomic mass is 16.6. The van der Waals surface area contributed by atoms with Crippen LogP contribution < -0.4 is 4.90 Å². The Bertz CT molecular complexity index is 471. The lowest BCUT2D eigenvalue weighted by atomic mass is 10.1. The molecule has 6 heteroatoms. The zero-order chi connectivity index (χ0) is 14.5. The van der Waals surface area contributed by atoms with Crippen molar-refractivity contribution in [2.24, 2.45) is 0 Å². The first-order chi connectivity index (χ1) is 9.61. The number of nitro groups is 1. The molecule has 110 valence electrons. The van der Waals surface area contributed by atoms with E-state index in [9.17, 15) is 10.1 Å². The van der Waals surface area contributed by atoms with Crippen LogP contribution in [0.1, 0.15) is 12.0 Å². The molecular weight excluding hydrogens is 258 g/mol. The van der Waals surface area contributed by atoms with Gasteiger partial charge in [-0.2, -0.15) is 0 Å². The van der Waals surface area contributed by atoms with Gasteiger partial charge in [0.15, 0.2) is 0 Å². The van der Waals surface area contributed by atoms with Crippen molar-refractivity contribution in [2.45, 2.75) is 13.3 Å². The molecule has 1 N–H and O–H groups in total. The zero-order valence-electron chi connectivity index (χ0n) is 11.8. The van der Waals surface area contributed by atoms with Gasteiger partial charge in [0.25, 0.3) is 5.69 Å². The van der Waals surface area contributed by atoms with Crippen molar-refractivity contribution >= 4 is 11.4 Å². The summed E-state index contributed by atoms with van der Waals surface area (Å²) in [6.45, 7) is 6.72. The number of nitrogens with zero attached hydrogens (tertiary/aromatic N) is 3. The van der Waals surface area contributed by atoms with Crippen LogP contribution >= 0.6 is 0 Å². The minimum Gasteiger partial charge on any atom is -0.396 e. The molecule has 1 heterocycles. The highest BCUT2D eigenvalue weighted by molar-refractivity contribution is 5.55. The maximum absolute atomic E-state index is 10.8. The fourth-order valence-electron chi connectivity index (χ4n) is 2.57. The molecule has 1 aromatic rings. The summed E-state index contributed by atoms with van der Waals surface area (Å²) < 4.78 is 0. The quantitative estimate of drug-likeness (QED) is 0.652. The first kappa shape index (κ1) is 14.7. The summed E-state index contributed by atoms with van der Waals surface area (Å²) in [6, 6.07) is 5.30. The number of hydrogen-bond acceptors (Lipinski definition) is 5. The first-order valence-corrected chi connectivity index (χ1v) is 6.95. The third kappa shape index (κ3) is 3.46. The Hall–Kier alpha value is -1.66. The lowest BCUT2D eigenvalue weighted by molar-refractivity contribution is -0.385. The monoisotopic (exact) mass is 279 g/mol. The minimum atomic E-state index is -0.341. The van der Waals surface area contributed by atoms with Crippen LogP contribution in [0.4, 0.5) is 11.4 Å². The molecule has 1 aromatic carbocycles. The molecule has 2 rings (SSSR count). The standard InChI is InChI=1S/C14H21N3O3/c1-12-11-13(3-4-14(12)17(19)20)16-8-6-15(7-9-16)5-2-10-18/h3-4,11,18H,2,5-10H2,1H3. The number of aliphatic hydroxyl groups is 1. The van der Waals surface area contributed by atoms with Gasteiger partial charge in [-0.25, -0.2) is 0 Å². The number of nitro benzene ring substituents is 1. The molecule has 0 bridgehead atoms. The van der Waals surface area contributed by atoms with Gasteiger partial charge in [-0.15, -0.1) is 0 Å². The Morgan fingerprint density at radius 3 is 2.55 bits per heavy atom. The highest BCUT2D eigenvalue weighted by Crippen LogP contribution is 2.25. The Kier molecular flexibility index (Phi) is 4.92. The van der Waals surface area contributed by atoms with E-state index in [1.54, 1.807) is 13.0 Å². The maximum Gasteiger partial charge on any atom is 0.272 e. The summed E-state index contributed by atoms with van der Waals surface area (Å²) >= 11 is 0. The van der Waals surface area contributed by atoms with Crippen molar-refractivity contribution < 1.29 is 10.0 Å². The molecule has 0 atom stereocenters. The van der Waals surface area contributed by atoms with Crippen molar-refractivity contribution in [3.8, 4) is 0 Å². The summed E-state index contributed by atoms with van der Waals surface area (Å²) in [5.41, 5.74) is 1.93. The fraction of sp³-hybridized carbons (Fsp3) is 0.571. The fourth-order valence-corrected chi connectivity index (χ4v) is 2.57. The summed E-state index contributed by atoms with van der Waals surface area (Å²) in [7, 11) is 0. The topological polar surface area (TPSA) is 69.8 Å². The number of aliphatic hydroxyl groups excluding tert-OH is 1. The normalized spacial score (nSPS) is 16.4. The average molecular weight is 279 g/mol. The Labute approximate surface area is 118 Å². The van der Waals surface area contributed by atoms with Gasteiger partial charge >= 0.3 is 0 Å². The van der Waals surface area contributed by atoms with Crippen LogP contribution in [0.3, 0.4) is 0 Å². The van der Waals surface area contributed by atoms with E-state index in [1.807, 2.05) is 12.1 Å². The van der Waals surface area contributed by atoms with E-state index >= 15 is 0 Å². The molecule has 0 aromatic heterocycles. The van der Waals surface area contributed by atoms with Crippen molar-refractivity contribution in [3.63, 3.8) is 0 Å². The van der Waals surface area contributed by atoms with Gasteiger partial charge in [0, 0.05) is 56.6 Å². The van der Waals surface area contributed by atoms with Crippen molar-refractivity contribution in [1.29, 1.82) is 0 Å². The Morgan fingerprint density at radius 2 is 2.00 bits per heavy atom. The second-order valence-electron chi connectivity index (χ2n) is 5.13. The molecule has 6 nitrogen and oxygen atoms in total. The zero-order valence-corrected chi connectivity index (χ0v) is 11.8. The smallest absolute Gasteiger partial charge is 0.272 e. The number of rotatable bonds is 5. The molecule has 0 amide bonds. The van der Waals surface area contributed by atoms with Crippen molar-refractivity contribution in [3.05, 3.63) is 33.9 Å². The van der Waals surface area contributed by atoms with Crippen LogP contribution in [0.15, 0.2) is 18.2 Å². The second-order valence-corrected chi connectivity index (χ2v) is 5.13. The summed E-state index contributed by atoms with van der Waals surface area (Å²) in [4.78, 5) is 15.1. The van der Waals surface area contributed by atoms with Gasteiger partial charge < -0.3 is 10.0 Å². The van der Waals surface area contributed by atoms with Crippen LogP contribution in [0.2, 0.25) is 0 Å². The van der Waals surface area contributed by atoms with E-state index < -0.39 is 0 Å². The Balaban J connectivity index is 1.97. The van der Waals surface area contributed by atoms with Crippen LogP contribution in [0, 0.1) is 17.0 Å². The predicted octanol–water partition coefficient (Wildman–Crippen LogP) is 1.41. The minimum absolute atomic E-state index is 0.176. The number of benzene rings is 1. The summed E-state index contributed by atoms with van der Waals surface area (Å²) in [6.07, 6.45) is 0.816. The molecule has 1 aliphatic rings. The van der Waals surface area contributed by atoms with E-state index in [0.29, 0.717) is 5.56 Å². The highest BCUT2D eigenvalue weighted by Gasteiger charge is 2.18. The Morgan fingerprint density at radius 1 is 1.30 bits per heavy atom. The number of anilines is 1. The first-order valence-electron chi connectivity index (χ1n) is 6.95. The predicted molar refractivity (Wildman–Crippen MR) is 78.2 cm³/mol. The molecule has 0 saturated carbocycles. The van der Waals surface area contributed by atoms with E-state index in [2.05, 4.69) is 9.80 Å². The van der Waals surface area contributed by atoms with Gasteiger partial charge in [0.2, 0.25) is 0 Å². The summed E-state index contributed by atoms with van der Waals surface area (Å²) in [5, 5.41) is 19.7. The van der Waals surface area contributed by atoms with Crippen LogP contribution in [0.25, 0.3) is 0 Å². The van der Waals surface area contributed by atoms with Gasteiger partial charge in [-0.05, 0) is 25.5 Å². The van der Waals surface area contributed by atoms with Crippen LogP contribution in [0.5, 0.6) is 0 Å². The molecule has 1 aliphatic heterocycles. The summed E-state index contributed by atoms with van der Waals surface area (Å²) in [5.74, 6) is 0. The van der Waals surface area contributed by atoms with Gasteiger partial charge in [0.1, 0.15) is 0 Å². The lowest BCUT2D eigenvalue weighted by Gasteiger charge is -2.36. The van der Waals surface area contributed by atoms with E-state index in [1.165, 1.54) is 0 Å². The number of hydrogen-bond donors (Lipinski definition) is 1. The number of piperazine rings is 1. The molecule has 1 fully saturated rings. The maximum atomic E-state index is 10.8. The molecule has 1 saturated heterocycles. The molecule has 0 radical (unpaired) electrons. The molecule has 0 unspecified atom stereocenters. The molecule has 20 heavy (non-hydrogen) atoms. The second kappa shape index (κ2) is 6.67. The van der Waals surface area contributed by atoms with Crippen molar-refractivity contribution in [2.75, 3.05) is 44.2 Å². The third-order valence-electron chi connectivity index (χ3n) is 3.75. The van der Waals surface area contributed by atoms with E-state index in [4.69, 9.17) is 5.11 Å². The van der Waals surface area contributed by atoms with E-state index in [0.717, 1.165) is 44.8 Å². The molecule has 0 spiro atoms. The largest absolute Gasteiger partial charge is 0.396 e. The van der Waals surface area contributed by atoms with Gasteiger partial charge in [0.05, 0.1) is 4.92 Å². The molecular formula is C14H21N3O3. The lowest BCUT2D eigenvalue weighted by Crippen LogP contribution is -2.46. The molecule has 0 aliphatic carbocycles. The average Bonchev–Trinajstić information content (AvgIpc) is 2.45. The van der Waals surface area contributed by atoms with E-state index in [-0.39, 0.29) is 17.2 Å². The SMILES string of the molecule is Cc1cc(N2CCN(CCCO)CC2)ccc1[N+](=O)[O-]. The van der Waals surface area contributed by atoms with Gasteiger partial charge in [-0.3, -0.25) is 15.0 Å². The van der Waals surface area contributed by atoms with Gasteiger partial charge in [-0.1, -0.05) is 0 Å². The van der Waals surface area contributed by atoms with Crippen LogP contribution in [-0.2, 0) is 0 Å². The number of aryl methyl sites for hydroxylation is 1. The van der Waals surface area contributed by atoms with Crippen molar-refractivity contribution in [1.82, 2.24) is 4.90 Å². The van der Waals surface area contributed by atoms with Crippen LogP contribution in [-0.4, -0.2) is 54.3 Å². The third-order valence-corrected chi connectivity index (χ3v) is 3.75.